The maximum Gasteiger partial charge on any atom is 0.0115 e. The van der Waals surface area contributed by atoms with Crippen LogP contribution in [0.2, 0.25) is 0 Å². The average Bonchev–Trinajstić information content (AvgIpc) is 2.54. The van der Waals surface area contributed by atoms with Crippen LogP contribution in [0.3, 0.4) is 0 Å². The van der Waals surface area contributed by atoms with Gasteiger partial charge in [-0.3, -0.25) is 0 Å². The molecule has 21 heavy (non-hydrogen) atoms. The molecule has 0 bridgehead atoms. The van der Waals surface area contributed by atoms with Crippen molar-refractivity contribution in [2.45, 2.75) is 39.0 Å². The molecule has 0 heterocycles. The van der Waals surface area contributed by atoms with Gasteiger partial charge < -0.3 is 5.32 Å². The molecule has 2 aromatic carbocycles. The lowest BCUT2D eigenvalue weighted by Gasteiger charge is -2.34. The van der Waals surface area contributed by atoms with Crippen LogP contribution in [0.15, 0.2) is 54.6 Å². The second-order valence-corrected chi connectivity index (χ2v) is 5.88. The summed E-state index contributed by atoms with van der Waals surface area (Å²) < 4.78 is 0. The molecule has 1 nitrogen and oxygen atoms in total. The van der Waals surface area contributed by atoms with E-state index in [0.29, 0.717) is 0 Å². The third kappa shape index (κ3) is 3.74. The number of hydrogen-bond donors (Lipinski definition) is 1. The van der Waals surface area contributed by atoms with Gasteiger partial charge in [-0.25, -0.2) is 0 Å². The number of likely N-dealkylation sites (N-methyl/N-ethyl adjacent to an activating group) is 1. The van der Waals surface area contributed by atoms with Gasteiger partial charge in [-0.2, -0.15) is 0 Å². The van der Waals surface area contributed by atoms with Gasteiger partial charge in [0.2, 0.25) is 0 Å². The van der Waals surface area contributed by atoms with Gasteiger partial charge in [0, 0.05) is 12.0 Å². The number of aryl methyl sites for hydroxylation is 1. The first-order valence-corrected chi connectivity index (χ1v) is 8.02. The monoisotopic (exact) mass is 281 g/mol. The van der Waals surface area contributed by atoms with E-state index in [2.05, 4.69) is 80.7 Å². The molecule has 0 amide bonds. The number of rotatable bonds is 7. The molecule has 1 N–H and O–H groups in total. The quantitative estimate of drug-likeness (QED) is 0.788. The van der Waals surface area contributed by atoms with Gasteiger partial charge in [0.05, 0.1) is 0 Å². The van der Waals surface area contributed by atoms with Gasteiger partial charge in [0.25, 0.3) is 0 Å². The van der Waals surface area contributed by atoms with Gasteiger partial charge in [-0.05, 0) is 43.0 Å². The molecule has 0 aliphatic carbocycles. The molecule has 0 aliphatic rings. The summed E-state index contributed by atoms with van der Waals surface area (Å²) >= 11 is 0. The van der Waals surface area contributed by atoms with Crippen molar-refractivity contribution in [2.75, 3.05) is 13.1 Å². The zero-order valence-electron chi connectivity index (χ0n) is 13.5. The Balaban J connectivity index is 2.38. The normalized spacial score (nSPS) is 13.9. The van der Waals surface area contributed by atoms with E-state index in [9.17, 15) is 0 Å². The van der Waals surface area contributed by atoms with Crippen LogP contribution in [0, 0.1) is 6.92 Å². The number of benzene rings is 2. The molecule has 1 atom stereocenters. The zero-order chi connectivity index (χ0) is 15.1. The van der Waals surface area contributed by atoms with Crippen LogP contribution < -0.4 is 5.32 Å². The first-order chi connectivity index (χ1) is 10.2. The van der Waals surface area contributed by atoms with Crippen LogP contribution in [-0.4, -0.2) is 13.1 Å². The Kier molecular flexibility index (Phi) is 5.58. The van der Waals surface area contributed by atoms with Gasteiger partial charge >= 0.3 is 0 Å². The smallest absolute Gasteiger partial charge is 0.0115 e. The third-order valence-corrected chi connectivity index (χ3v) is 4.57. The fourth-order valence-electron chi connectivity index (χ4n) is 3.05. The van der Waals surface area contributed by atoms with Crippen molar-refractivity contribution in [2.24, 2.45) is 0 Å². The molecule has 0 saturated carbocycles. The van der Waals surface area contributed by atoms with Crippen molar-refractivity contribution < 1.29 is 0 Å². The second kappa shape index (κ2) is 7.42. The van der Waals surface area contributed by atoms with Crippen LogP contribution >= 0.6 is 0 Å². The van der Waals surface area contributed by atoms with Crippen molar-refractivity contribution in [3.8, 4) is 0 Å². The fraction of sp³-hybridized carbons (Fsp3) is 0.400. The fourth-order valence-corrected chi connectivity index (χ4v) is 3.05. The molecule has 0 radical (unpaired) electrons. The summed E-state index contributed by atoms with van der Waals surface area (Å²) in [6.07, 6.45) is 2.23. The lowest BCUT2D eigenvalue weighted by molar-refractivity contribution is 0.381. The summed E-state index contributed by atoms with van der Waals surface area (Å²) in [5, 5.41) is 3.58. The van der Waals surface area contributed by atoms with Crippen molar-refractivity contribution in [1.29, 1.82) is 0 Å². The van der Waals surface area contributed by atoms with Crippen LogP contribution in [0.5, 0.6) is 0 Å². The maximum absolute atomic E-state index is 3.58. The molecule has 2 rings (SSSR count). The molecule has 0 fully saturated rings. The van der Waals surface area contributed by atoms with Gasteiger partial charge in [0.15, 0.2) is 0 Å². The molecule has 2 aromatic rings. The number of nitrogens with one attached hydrogen (secondary N) is 1. The molecule has 0 aliphatic heterocycles. The summed E-state index contributed by atoms with van der Waals surface area (Å²) in [7, 11) is 0. The van der Waals surface area contributed by atoms with Gasteiger partial charge in [-0.1, -0.05) is 68.4 Å². The minimum absolute atomic E-state index is 0.170. The minimum atomic E-state index is 0.170. The highest BCUT2D eigenvalue weighted by Gasteiger charge is 2.30. The highest BCUT2D eigenvalue weighted by Crippen LogP contribution is 2.32. The van der Waals surface area contributed by atoms with E-state index in [4.69, 9.17) is 0 Å². The van der Waals surface area contributed by atoms with Crippen molar-refractivity contribution >= 4 is 0 Å². The topological polar surface area (TPSA) is 12.0 Å². The Morgan fingerprint density at radius 3 is 2.19 bits per heavy atom. The standard InChI is InChI=1S/C20H27N/c1-4-20(16-21-5-2,19-13-7-6-8-14-19)15-18-12-10-9-11-17(18)3/h6-14,21H,4-5,15-16H2,1-3H3. The Morgan fingerprint density at radius 2 is 1.57 bits per heavy atom. The van der Waals surface area contributed by atoms with E-state index >= 15 is 0 Å². The molecule has 1 heteroatoms. The SMILES string of the molecule is CCNCC(CC)(Cc1ccccc1C)c1ccccc1. The van der Waals surface area contributed by atoms with Crippen molar-refractivity contribution in [3.05, 3.63) is 71.3 Å². The summed E-state index contributed by atoms with van der Waals surface area (Å²) in [4.78, 5) is 0. The van der Waals surface area contributed by atoms with Crippen LogP contribution in [0.25, 0.3) is 0 Å². The molecular weight excluding hydrogens is 254 g/mol. The number of hydrogen-bond acceptors (Lipinski definition) is 1. The molecule has 0 aromatic heterocycles. The second-order valence-electron chi connectivity index (χ2n) is 5.88. The first-order valence-electron chi connectivity index (χ1n) is 8.02. The Hall–Kier alpha value is -1.60. The minimum Gasteiger partial charge on any atom is -0.316 e. The summed E-state index contributed by atoms with van der Waals surface area (Å²) in [6, 6.07) is 19.7. The highest BCUT2D eigenvalue weighted by molar-refractivity contribution is 5.33. The van der Waals surface area contributed by atoms with Gasteiger partial charge in [-0.15, -0.1) is 0 Å². The third-order valence-electron chi connectivity index (χ3n) is 4.57. The van der Waals surface area contributed by atoms with E-state index in [1.165, 1.54) is 16.7 Å². The van der Waals surface area contributed by atoms with E-state index < -0.39 is 0 Å². The Labute approximate surface area is 129 Å². The highest BCUT2D eigenvalue weighted by atomic mass is 14.9. The predicted octanol–water partition coefficient (Wildman–Crippen LogP) is 4.50. The Morgan fingerprint density at radius 1 is 0.905 bits per heavy atom. The first kappa shape index (κ1) is 15.8. The summed E-state index contributed by atoms with van der Waals surface area (Å²) in [5.41, 5.74) is 4.46. The van der Waals surface area contributed by atoms with E-state index in [1.54, 1.807) is 0 Å². The van der Waals surface area contributed by atoms with Crippen LogP contribution in [0.1, 0.15) is 37.0 Å². The van der Waals surface area contributed by atoms with E-state index in [0.717, 1.165) is 25.9 Å². The van der Waals surface area contributed by atoms with Crippen molar-refractivity contribution in [3.63, 3.8) is 0 Å². The van der Waals surface area contributed by atoms with E-state index in [-0.39, 0.29) is 5.41 Å². The van der Waals surface area contributed by atoms with Gasteiger partial charge in [0.1, 0.15) is 0 Å². The summed E-state index contributed by atoms with van der Waals surface area (Å²) in [5.74, 6) is 0. The summed E-state index contributed by atoms with van der Waals surface area (Å²) in [6.45, 7) is 8.75. The van der Waals surface area contributed by atoms with Crippen LogP contribution in [0.4, 0.5) is 0 Å². The molecule has 0 saturated heterocycles. The zero-order valence-corrected chi connectivity index (χ0v) is 13.5. The maximum atomic E-state index is 3.58. The molecular formula is C20H27N. The lowest BCUT2D eigenvalue weighted by Crippen LogP contribution is -2.40. The van der Waals surface area contributed by atoms with Crippen molar-refractivity contribution in [1.82, 2.24) is 5.32 Å². The Bertz CT molecular complexity index is 547. The van der Waals surface area contributed by atoms with E-state index in [1.807, 2.05) is 0 Å². The van der Waals surface area contributed by atoms with Crippen LogP contribution in [-0.2, 0) is 11.8 Å². The largest absolute Gasteiger partial charge is 0.316 e. The lowest BCUT2D eigenvalue weighted by atomic mass is 9.73. The predicted molar refractivity (Wildman–Crippen MR) is 91.8 cm³/mol. The average molecular weight is 281 g/mol. The molecule has 0 spiro atoms. The molecule has 1 unspecified atom stereocenters. The molecule has 112 valence electrons.